The lowest BCUT2D eigenvalue weighted by atomic mass is 9.95. The molecule has 6 unspecified atom stereocenters. The third kappa shape index (κ3) is 6.14. The van der Waals surface area contributed by atoms with Gasteiger partial charge in [0.05, 0.1) is 11.2 Å². The standard InChI is InChI=1S/C28H54O3Si2/c1-13-23-15-21(17-27(23,9)29)19-32(11,25(3,4)5)31-33(12,26(6,7)8)20-22-16-24(14-2)28(10,30)18-22/h15-16,21-22,29-30H,13-14,17-20H2,1-12H3. The molecule has 0 aliphatic heterocycles. The Labute approximate surface area is 207 Å². The summed E-state index contributed by atoms with van der Waals surface area (Å²) in [4.78, 5) is 0. The van der Waals surface area contributed by atoms with E-state index in [9.17, 15) is 10.2 Å². The second-order valence-corrected chi connectivity index (χ2v) is 23.6. The molecule has 2 aliphatic rings. The highest BCUT2D eigenvalue weighted by molar-refractivity contribution is 6.88. The van der Waals surface area contributed by atoms with Crippen LogP contribution in [0.3, 0.4) is 0 Å². The molecule has 33 heavy (non-hydrogen) atoms. The van der Waals surface area contributed by atoms with Gasteiger partial charge in [0.25, 0.3) is 0 Å². The van der Waals surface area contributed by atoms with Crippen molar-refractivity contribution < 1.29 is 14.3 Å². The normalized spacial score (nSPS) is 34.6. The molecule has 0 aromatic carbocycles. The van der Waals surface area contributed by atoms with Crippen molar-refractivity contribution in [3.05, 3.63) is 23.3 Å². The van der Waals surface area contributed by atoms with E-state index < -0.39 is 27.8 Å². The van der Waals surface area contributed by atoms with E-state index in [1.807, 2.05) is 13.8 Å². The van der Waals surface area contributed by atoms with Crippen LogP contribution in [0, 0.1) is 11.8 Å². The van der Waals surface area contributed by atoms with E-state index in [-0.39, 0.29) is 10.1 Å². The smallest absolute Gasteiger partial charge is 0.182 e. The molecule has 0 fully saturated rings. The predicted octanol–water partition coefficient (Wildman–Crippen LogP) is 7.97. The first kappa shape index (κ1) is 29.0. The highest BCUT2D eigenvalue weighted by atomic mass is 28.4. The Hall–Kier alpha value is -0.206. The minimum absolute atomic E-state index is 0.104. The maximum Gasteiger partial charge on any atom is 0.182 e. The number of rotatable bonds is 8. The molecule has 2 N–H and O–H groups in total. The van der Waals surface area contributed by atoms with Crippen LogP contribution in [0.5, 0.6) is 0 Å². The zero-order valence-electron chi connectivity index (χ0n) is 23.9. The van der Waals surface area contributed by atoms with Crippen LogP contribution < -0.4 is 0 Å². The van der Waals surface area contributed by atoms with Gasteiger partial charge in [0.1, 0.15) is 0 Å². The topological polar surface area (TPSA) is 49.7 Å². The summed E-state index contributed by atoms with van der Waals surface area (Å²) in [5.74, 6) is 0.783. The summed E-state index contributed by atoms with van der Waals surface area (Å²) < 4.78 is 7.61. The van der Waals surface area contributed by atoms with Crippen LogP contribution in [0.25, 0.3) is 0 Å². The van der Waals surface area contributed by atoms with Crippen molar-refractivity contribution in [1.82, 2.24) is 0 Å². The van der Waals surface area contributed by atoms with Crippen LogP contribution in [-0.4, -0.2) is 38.0 Å². The molecule has 0 aromatic heterocycles. The Morgan fingerprint density at radius 3 is 1.30 bits per heavy atom. The first-order valence-electron chi connectivity index (χ1n) is 13.3. The zero-order valence-corrected chi connectivity index (χ0v) is 25.9. The first-order valence-corrected chi connectivity index (χ1v) is 18.5. The van der Waals surface area contributed by atoms with Gasteiger partial charge in [-0.05, 0) is 97.8 Å². The fourth-order valence-corrected chi connectivity index (χ4v) is 16.9. The van der Waals surface area contributed by atoms with Gasteiger partial charge in [0, 0.05) is 0 Å². The van der Waals surface area contributed by atoms with Crippen LogP contribution in [0.1, 0.15) is 94.9 Å². The number of hydrogen-bond donors (Lipinski definition) is 2. The monoisotopic (exact) mass is 494 g/mol. The average Bonchev–Trinajstić information content (AvgIpc) is 3.05. The maximum absolute atomic E-state index is 11.0. The number of allylic oxidation sites excluding steroid dienone is 2. The third-order valence-corrected chi connectivity index (χ3v) is 21.8. The van der Waals surface area contributed by atoms with Gasteiger partial charge >= 0.3 is 0 Å². The van der Waals surface area contributed by atoms with E-state index in [1.54, 1.807) is 0 Å². The molecule has 0 aromatic rings. The van der Waals surface area contributed by atoms with E-state index in [2.05, 4.69) is 80.6 Å². The Balaban J connectivity index is 2.37. The average molecular weight is 495 g/mol. The van der Waals surface area contributed by atoms with E-state index in [4.69, 9.17) is 4.12 Å². The van der Waals surface area contributed by atoms with Crippen LogP contribution in [0.4, 0.5) is 0 Å². The molecule has 0 heterocycles. The molecule has 0 amide bonds. The second kappa shape index (κ2) is 9.35. The molecule has 0 saturated carbocycles. The highest BCUT2D eigenvalue weighted by Gasteiger charge is 2.54. The molecule has 0 spiro atoms. The van der Waals surface area contributed by atoms with Crippen LogP contribution in [0.2, 0.25) is 35.3 Å². The lowest BCUT2D eigenvalue weighted by Crippen LogP contribution is -2.58. The van der Waals surface area contributed by atoms with Gasteiger partial charge in [0.2, 0.25) is 0 Å². The lowest BCUT2D eigenvalue weighted by molar-refractivity contribution is 0.0887. The van der Waals surface area contributed by atoms with Gasteiger partial charge in [0.15, 0.2) is 16.6 Å². The molecule has 2 aliphatic carbocycles. The zero-order chi connectivity index (χ0) is 25.7. The van der Waals surface area contributed by atoms with E-state index in [0.717, 1.165) is 37.8 Å². The second-order valence-electron chi connectivity index (χ2n) is 14.0. The van der Waals surface area contributed by atoms with Crippen LogP contribution in [0.15, 0.2) is 23.3 Å². The van der Waals surface area contributed by atoms with E-state index in [1.165, 1.54) is 11.1 Å². The molecule has 0 bridgehead atoms. The molecule has 6 atom stereocenters. The van der Waals surface area contributed by atoms with Gasteiger partial charge < -0.3 is 14.3 Å². The minimum Gasteiger partial charge on any atom is -0.454 e. The van der Waals surface area contributed by atoms with Crippen LogP contribution in [-0.2, 0) is 4.12 Å². The van der Waals surface area contributed by atoms with Crippen molar-refractivity contribution in [3.63, 3.8) is 0 Å². The third-order valence-electron chi connectivity index (χ3n) is 9.27. The Morgan fingerprint density at radius 2 is 1.09 bits per heavy atom. The van der Waals surface area contributed by atoms with Gasteiger partial charge in [-0.25, -0.2) is 0 Å². The fraction of sp³-hybridized carbons (Fsp3) is 0.857. The van der Waals surface area contributed by atoms with Crippen molar-refractivity contribution in [2.24, 2.45) is 11.8 Å². The lowest BCUT2D eigenvalue weighted by Gasteiger charge is -2.52. The van der Waals surface area contributed by atoms with Crippen molar-refractivity contribution >= 4 is 16.6 Å². The Morgan fingerprint density at radius 1 is 0.788 bits per heavy atom. The van der Waals surface area contributed by atoms with Gasteiger partial charge in [-0.15, -0.1) is 0 Å². The largest absolute Gasteiger partial charge is 0.454 e. The molecule has 3 nitrogen and oxygen atoms in total. The van der Waals surface area contributed by atoms with Gasteiger partial charge in [-0.3, -0.25) is 0 Å². The summed E-state index contributed by atoms with van der Waals surface area (Å²) in [6.45, 7) is 27.4. The molecule has 0 saturated heterocycles. The van der Waals surface area contributed by atoms with Crippen molar-refractivity contribution in [2.75, 3.05) is 0 Å². The SMILES string of the molecule is CCC1=CC(C[Si](C)(O[Si](C)(CC2C=C(CC)C(C)(O)C2)C(C)(C)C)C(C)(C)C)CC1(C)O. The molecule has 2 rings (SSSR count). The molecular weight excluding hydrogens is 440 g/mol. The summed E-state index contributed by atoms with van der Waals surface area (Å²) in [5.41, 5.74) is 1.04. The minimum atomic E-state index is -2.18. The summed E-state index contributed by atoms with van der Waals surface area (Å²) >= 11 is 0. The van der Waals surface area contributed by atoms with E-state index >= 15 is 0 Å². The summed E-state index contributed by atoms with van der Waals surface area (Å²) in [7, 11) is -4.35. The highest BCUT2D eigenvalue weighted by Crippen LogP contribution is 2.53. The number of aliphatic hydroxyl groups is 2. The fourth-order valence-electron chi connectivity index (χ4n) is 6.09. The van der Waals surface area contributed by atoms with Gasteiger partial charge in [-0.2, -0.15) is 0 Å². The predicted molar refractivity (Wildman–Crippen MR) is 148 cm³/mol. The van der Waals surface area contributed by atoms with Crippen molar-refractivity contribution in [2.45, 2.75) is 141 Å². The summed E-state index contributed by atoms with van der Waals surface area (Å²) in [5, 5.41) is 22.1. The molecular formula is C28H54O3Si2. The summed E-state index contributed by atoms with van der Waals surface area (Å²) in [6, 6.07) is 2.13. The maximum atomic E-state index is 11.0. The number of hydrogen-bond acceptors (Lipinski definition) is 3. The quantitative estimate of drug-likeness (QED) is 0.266. The molecule has 192 valence electrons. The summed E-state index contributed by atoms with van der Waals surface area (Å²) in [6.07, 6.45) is 8.20. The molecule has 0 radical (unpaired) electrons. The van der Waals surface area contributed by atoms with E-state index in [0.29, 0.717) is 11.8 Å². The Bertz CT molecular complexity index is 705. The van der Waals surface area contributed by atoms with Crippen molar-refractivity contribution in [1.29, 1.82) is 0 Å². The van der Waals surface area contributed by atoms with Gasteiger partial charge in [-0.1, -0.05) is 67.5 Å². The Kier molecular flexibility index (Phi) is 8.22. The first-order chi connectivity index (χ1) is 14.7. The van der Waals surface area contributed by atoms with Crippen LogP contribution >= 0.6 is 0 Å². The molecule has 5 heteroatoms. The van der Waals surface area contributed by atoms with Crippen molar-refractivity contribution in [3.8, 4) is 0 Å².